The SMILES string of the molecule is O=C(NCCSCc1ccccc1F)[C@H]1CC(=O)N(Cc2ccco2)C1. The number of carbonyl (C=O) groups excluding carboxylic acids is 2. The third-order valence-corrected chi connectivity index (χ3v) is 5.28. The highest BCUT2D eigenvalue weighted by Crippen LogP contribution is 2.21. The molecule has 0 unspecified atom stereocenters. The molecule has 3 rings (SSSR count). The standard InChI is InChI=1S/C19H21FN2O3S/c20-17-6-2-1-4-14(17)13-26-9-7-21-19(24)15-10-18(23)22(11-15)12-16-5-3-8-25-16/h1-6,8,15H,7,9-13H2,(H,21,24)/t15-/m0/s1. The first-order valence-corrected chi connectivity index (χ1v) is 9.68. The third kappa shape index (κ3) is 4.88. The van der Waals surface area contributed by atoms with Crippen molar-refractivity contribution in [3.05, 3.63) is 59.8 Å². The highest BCUT2D eigenvalue weighted by atomic mass is 32.2. The van der Waals surface area contributed by atoms with E-state index in [0.29, 0.717) is 42.5 Å². The van der Waals surface area contributed by atoms with Gasteiger partial charge in [-0.05, 0) is 23.8 Å². The van der Waals surface area contributed by atoms with Crippen molar-refractivity contribution in [2.75, 3.05) is 18.8 Å². The van der Waals surface area contributed by atoms with Crippen molar-refractivity contribution in [1.29, 1.82) is 0 Å². The molecule has 138 valence electrons. The van der Waals surface area contributed by atoms with Crippen LogP contribution >= 0.6 is 11.8 Å². The van der Waals surface area contributed by atoms with E-state index < -0.39 is 0 Å². The van der Waals surface area contributed by atoms with Crippen molar-refractivity contribution in [3.63, 3.8) is 0 Å². The summed E-state index contributed by atoms with van der Waals surface area (Å²) in [5.41, 5.74) is 0.666. The highest BCUT2D eigenvalue weighted by Gasteiger charge is 2.34. The molecule has 2 aromatic rings. The lowest BCUT2D eigenvalue weighted by atomic mass is 10.1. The second kappa shape index (κ2) is 8.89. The molecule has 0 saturated carbocycles. The third-order valence-electron chi connectivity index (χ3n) is 4.27. The maximum atomic E-state index is 13.5. The lowest BCUT2D eigenvalue weighted by Crippen LogP contribution is -2.34. The number of hydrogen-bond acceptors (Lipinski definition) is 4. The molecule has 0 radical (unpaired) electrons. The van der Waals surface area contributed by atoms with Gasteiger partial charge in [0, 0.05) is 31.0 Å². The molecule has 5 nitrogen and oxygen atoms in total. The molecule has 1 N–H and O–H groups in total. The number of amides is 2. The molecule has 1 fully saturated rings. The van der Waals surface area contributed by atoms with Gasteiger partial charge in [-0.3, -0.25) is 9.59 Å². The van der Waals surface area contributed by atoms with Crippen molar-refractivity contribution >= 4 is 23.6 Å². The molecule has 7 heteroatoms. The molecule has 26 heavy (non-hydrogen) atoms. The van der Waals surface area contributed by atoms with E-state index in [2.05, 4.69) is 5.32 Å². The Balaban J connectivity index is 1.36. The van der Waals surface area contributed by atoms with Crippen molar-refractivity contribution in [1.82, 2.24) is 10.2 Å². The second-order valence-electron chi connectivity index (χ2n) is 6.19. The van der Waals surface area contributed by atoms with Gasteiger partial charge in [0.25, 0.3) is 0 Å². The van der Waals surface area contributed by atoms with Crippen LogP contribution in [-0.2, 0) is 21.9 Å². The lowest BCUT2D eigenvalue weighted by molar-refractivity contribution is -0.129. The van der Waals surface area contributed by atoms with Crippen LogP contribution in [0.3, 0.4) is 0 Å². The first-order valence-electron chi connectivity index (χ1n) is 8.52. The largest absolute Gasteiger partial charge is 0.467 e. The summed E-state index contributed by atoms with van der Waals surface area (Å²) < 4.78 is 18.8. The van der Waals surface area contributed by atoms with Crippen LogP contribution in [0.5, 0.6) is 0 Å². The van der Waals surface area contributed by atoms with E-state index in [9.17, 15) is 14.0 Å². The number of furan rings is 1. The molecule has 1 aromatic carbocycles. The van der Waals surface area contributed by atoms with Crippen LogP contribution in [0.4, 0.5) is 4.39 Å². The first-order chi connectivity index (χ1) is 12.6. The van der Waals surface area contributed by atoms with Crippen LogP contribution in [0.2, 0.25) is 0 Å². The van der Waals surface area contributed by atoms with Gasteiger partial charge in [0.1, 0.15) is 11.6 Å². The molecule has 1 saturated heterocycles. The fraction of sp³-hybridized carbons (Fsp3) is 0.368. The Morgan fingerprint density at radius 1 is 1.31 bits per heavy atom. The minimum absolute atomic E-state index is 0.0320. The van der Waals surface area contributed by atoms with Gasteiger partial charge in [-0.15, -0.1) is 0 Å². The van der Waals surface area contributed by atoms with Gasteiger partial charge in [-0.2, -0.15) is 11.8 Å². The number of hydrogen-bond donors (Lipinski definition) is 1. The van der Waals surface area contributed by atoms with Crippen LogP contribution in [0.25, 0.3) is 0 Å². The second-order valence-corrected chi connectivity index (χ2v) is 7.29. The van der Waals surface area contributed by atoms with Gasteiger partial charge in [0.15, 0.2) is 0 Å². The van der Waals surface area contributed by atoms with Gasteiger partial charge in [0.05, 0.1) is 18.7 Å². The number of nitrogens with zero attached hydrogens (tertiary/aromatic N) is 1. The molecule has 1 aromatic heterocycles. The predicted molar refractivity (Wildman–Crippen MR) is 97.8 cm³/mol. The molecule has 1 aliphatic rings. The summed E-state index contributed by atoms with van der Waals surface area (Å²) in [6.07, 6.45) is 1.80. The van der Waals surface area contributed by atoms with E-state index in [-0.39, 0.29) is 30.0 Å². The average Bonchev–Trinajstić information content (AvgIpc) is 3.27. The predicted octanol–water partition coefficient (Wildman–Crippen LogP) is 2.82. The van der Waals surface area contributed by atoms with E-state index in [1.807, 2.05) is 12.1 Å². The Bertz CT molecular complexity index is 751. The van der Waals surface area contributed by atoms with Crippen molar-refractivity contribution in [3.8, 4) is 0 Å². The summed E-state index contributed by atoms with van der Waals surface area (Å²) in [7, 11) is 0. The van der Waals surface area contributed by atoms with Crippen molar-refractivity contribution < 1.29 is 18.4 Å². The Morgan fingerprint density at radius 2 is 2.15 bits per heavy atom. The van der Waals surface area contributed by atoms with Crippen molar-refractivity contribution in [2.24, 2.45) is 5.92 Å². The van der Waals surface area contributed by atoms with Crippen LogP contribution in [0, 0.1) is 11.7 Å². The summed E-state index contributed by atoms with van der Waals surface area (Å²) in [6, 6.07) is 10.3. The van der Waals surface area contributed by atoms with E-state index in [4.69, 9.17) is 4.42 Å². The summed E-state index contributed by atoms with van der Waals surface area (Å²) in [6.45, 7) is 1.31. The molecule has 1 aliphatic heterocycles. The Kier molecular flexibility index (Phi) is 6.33. The Morgan fingerprint density at radius 3 is 2.92 bits per heavy atom. The average molecular weight is 376 g/mol. The first kappa shape index (κ1) is 18.5. The molecular formula is C19H21FN2O3S. The fourth-order valence-electron chi connectivity index (χ4n) is 2.88. The number of rotatable bonds is 8. The minimum Gasteiger partial charge on any atom is -0.467 e. The maximum absolute atomic E-state index is 13.5. The minimum atomic E-state index is -0.325. The highest BCUT2D eigenvalue weighted by molar-refractivity contribution is 7.98. The van der Waals surface area contributed by atoms with Gasteiger partial charge in [-0.1, -0.05) is 18.2 Å². The molecule has 2 amide bonds. The monoisotopic (exact) mass is 376 g/mol. The molecule has 0 spiro atoms. The van der Waals surface area contributed by atoms with Crippen LogP contribution < -0.4 is 5.32 Å². The van der Waals surface area contributed by atoms with E-state index >= 15 is 0 Å². The summed E-state index contributed by atoms with van der Waals surface area (Å²) in [5, 5.41) is 2.87. The normalized spacial score (nSPS) is 16.9. The Hall–Kier alpha value is -2.28. The van der Waals surface area contributed by atoms with Gasteiger partial charge in [0.2, 0.25) is 11.8 Å². The molecule has 0 bridgehead atoms. The maximum Gasteiger partial charge on any atom is 0.225 e. The summed E-state index contributed by atoms with van der Waals surface area (Å²) in [4.78, 5) is 25.9. The van der Waals surface area contributed by atoms with E-state index in [1.165, 1.54) is 6.07 Å². The smallest absolute Gasteiger partial charge is 0.225 e. The van der Waals surface area contributed by atoms with E-state index in [0.717, 1.165) is 0 Å². The number of carbonyl (C=O) groups is 2. The lowest BCUT2D eigenvalue weighted by Gasteiger charge is -2.15. The van der Waals surface area contributed by atoms with E-state index in [1.54, 1.807) is 41.1 Å². The summed E-state index contributed by atoms with van der Waals surface area (Å²) in [5.74, 6) is 1.31. The van der Waals surface area contributed by atoms with Crippen molar-refractivity contribution in [2.45, 2.75) is 18.7 Å². The van der Waals surface area contributed by atoms with Crippen LogP contribution in [0.15, 0.2) is 47.1 Å². The van der Waals surface area contributed by atoms with Crippen LogP contribution in [0.1, 0.15) is 17.7 Å². The molecular weight excluding hydrogens is 355 g/mol. The number of halogens is 1. The fourth-order valence-corrected chi connectivity index (χ4v) is 3.72. The molecule has 2 heterocycles. The number of benzene rings is 1. The number of thioether (sulfide) groups is 1. The van der Waals surface area contributed by atoms with Gasteiger partial charge < -0.3 is 14.6 Å². The zero-order valence-electron chi connectivity index (χ0n) is 14.3. The number of nitrogens with one attached hydrogen (secondary N) is 1. The Labute approximate surface area is 155 Å². The van der Waals surface area contributed by atoms with Gasteiger partial charge in [-0.25, -0.2) is 4.39 Å². The zero-order chi connectivity index (χ0) is 18.4. The number of likely N-dealkylation sites (tertiary alicyclic amines) is 1. The molecule has 0 aliphatic carbocycles. The quantitative estimate of drug-likeness (QED) is 0.720. The summed E-state index contributed by atoms with van der Waals surface area (Å²) >= 11 is 1.56. The topological polar surface area (TPSA) is 62.6 Å². The van der Waals surface area contributed by atoms with Gasteiger partial charge >= 0.3 is 0 Å². The van der Waals surface area contributed by atoms with Crippen LogP contribution in [-0.4, -0.2) is 35.6 Å². The molecule has 1 atom stereocenters. The zero-order valence-corrected chi connectivity index (χ0v) is 15.1.